The van der Waals surface area contributed by atoms with Crippen LogP contribution in [0, 0.1) is 6.92 Å². The Hall–Kier alpha value is -1.96. The number of anilines is 1. The van der Waals surface area contributed by atoms with E-state index < -0.39 is 22.5 Å². The van der Waals surface area contributed by atoms with Crippen molar-refractivity contribution in [2.24, 2.45) is 0 Å². The molecule has 1 atom stereocenters. The fourth-order valence-electron chi connectivity index (χ4n) is 2.61. The van der Waals surface area contributed by atoms with E-state index in [1.807, 2.05) is 13.8 Å². The van der Waals surface area contributed by atoms with E-state index in [-0.39, 0.29) is 32.4 Å². The topological polar surface area (TPSA) is 75.7 Å². The van der Waals surface area contributed by atoms with E-state index >= 15 is 0 Å². The Labute approximate surface area is 181 Å². The normalized spacial score (nSPS) is 12.3. The number of ether oxygens (including phenoxy) is 1. The highest BCUT2D eigenvalue weighted by Gasteiger charge is 2.30. The predicted molar refractivity (Wildman–Crippen MR) is 117 cm³/mol. The Morgan fingerprint density at radius 2 is 1.86 bits per heavy atom. The van der Waals surface area contributed by atoms with Gasteiger partial charge in [-0.15, -0.1) is 0 Å². The summed E-state index contributed by atoms with van der Waals surface area (Å²) >= 11 is 12.1. The molecular weight excluding hydrogens is 435 g/mol. The van der Waals surface area contributed by atoms with E-state index in [4.69, 9.17) is 27.9 Å². The summed E-state index contributed by atoms with van der Waals surface area (Å²) in [6.07, 6.45) is 0.719. The van der Waals surface area contributed by atoms with Gasteiger partial charge >= 0.3 is 0 Å². The van der Waals surface area contributed by atoms with E-state index in [1.54, 1.807) is 19.1 Å². The second-order valence-electron chi connectivity index (χ2n) is 6.64. The van der Waals surface area contributed by atoms with Gasteiger partial charge in [0.2, 0.25) is 5.91 Å². The van der Waals surface area contributed by atoms with Gasteiger partial charge in [0, 0.05) is 6.04 Å². The van der Waals surface area contributed by atoms with Gasteiger partial charge in [0.25, 0.3) is 10.0 Å². The van der Waals surface area contributed by atoms with Crippen LogP contribution in [0.5, 0.6) is 5.75 Å². The van der Waals surface area contributed by atoms with Crippen molar-refractivity contribution in [3.8, 4) is 5.75 Å². The number of sulfonamides is 1. The number of methoxy groups -OCH3 is 1. The number of carbonyl (C=O) groups excluding carboxylic acids is 1. The summed E-state index contributed by atoms with van der Waals surface area (Å²) in [4.78, 5) is 12.5. The van der Waals surface area contributed by atoms with E-state index in [0.717, 1.165) is 16.3 Å². The predicted octanol–water partition coefficient (Wildman–Crippen LogP) is 4.42. The third-order valence-corrected chi connectivity index (χ3v) is 6.92. The van der Waals surface area contributed by atoms with Gasteiger partial charge in [-0.05, 0) is 56.2 Å². The zero-order chi connectivity index (χ0) is 21.8. The fraction of sp³-hybridized carbons (Fsp3) is 0.350. The molecule has 1 N–H and O–H groups in total. The monoisotopic (exact) mass is 458 g/mol. The van der Waals surface area contributed by atoms with Crippen molar-refractivity contribution in [3.63, 3.8) is 0 Å². The molecule has 0 heterocycles. The van der Waals surface area contributed by atoms with Gasteiger partial charge in [0.15, 0.2) is 0 Å². The van der Waals surface area contributed by atoms with Crippen LogP contribution in [0.1, 0.15) is 25.8 Å². The molecule has 0 radical (unpaired) electrons. The zero-order valence-electron chi connectivity index (χ0n) is 16.7. The second-order valence-corrected chi connectivity index (χ2v) is 9.29. The van der Waals surface area contributed by atoms with Crippen LogP contribution in [-0.2, 0) is 14.8 Å². The number of carbonyl (C=O) groups is 1. The van der Waals surface area contributed by atoms with Gasteiger partial charge in [0.05, 0.1) is 22.8 Å². The molecule has 0 aliphatic rings. The number of hydrogen-bond donors (Lipinski definition) is 1. The molecule has 0 unspecified atom stereocenters. The number of nitrogens with one attached hydrogen (secondary N) is 1. The van der Waals surface area contributed by atoms with Crippen molar-refractivity contribution in [1.82, 2.24) is 5.32 Å². The van der Waals surface area contributed by atoms with Gasteiger partial charge in [-0.25, -0.2) is 8.42 Å². The van der Waals surface area contributed by atoms with Crippen molar-refractivity contribution in [2.45, 2.75) is 38.1 Å². The Kier molecular flexibility index (Phi) is 7.80. The Balaban J connectivity index is 2.58. The molecule has 0 saturated heterocycles. The second kappa shape index (κ2) is 9.69. The minimum Gasteiger partial charge on any atom is -0.495 e. The lowest BCUT2D eigenvalue weighted by atomic mass is 10.2. The quantitative estimate of drug-likeness (QED) is 0.634. The van der Waals surface area contributed by atoms with Gasteiger partial charge in [-0.1, -0.05) is 36.2 Å². The molecule has 6 nitrogen and oxygen atoms in total. The number of rotatable bonds is 8. The van der Waals surface area contributed by atoms with Gasteiger partial charge in [0.1, 0.15) is 17.2 Å². The summed E-state index contributed by atoms with van der Waals surface area (Å²) in [5.74, 6) is -0.247. The SMILES string of the molecule is CC[C@H](C)NC(=O)CN(c1ccc(Cl)c(Cl)c1)S(=O)(=O)c1cc(C)ccc1OC. The number of hydrogen-bond acceptors (Lipinski definition) is 4. The standard InChI is InChI=1S/C20H24Cl2N2O4S/c1-5-14(3)23-20(25)12-24(15-7-8-16(21)17(22)11-15)29(26,27)19-10-13(2)6-9-18(19)28-4/h6-11,14H,5,12H2,1-4H3,(H,23,25)/t14-/m0/s1. The van der Waals surface area contributed by atoms with Crippen LogP contribution in [0.4, 0.5) is 5.69 Å². The molecule has 0 aromatic heterocycles. The van der Waals surface area contributed by atoms with Crippen molar-refractivity contribution in [2.75, 3.05) is 18.0 Å². The average molecular weight is 459 g/mol. The molecule has 1 amide bonds. The lowest BCUT2D eigenvalue weighted by Gasteiger charge is -2.26. The molecule has 0 spiro atoms. The number of nitrogens with zero attached hydrogens (tertiary/aromatic N) is 1. The third-order valence-electron chi connectivity index (χ3n) is 4.39. The minimum absolute atomic E-state index is 0.0394. The van der Waals surface area contributed by atoms with Crippen LogP contribution in [0.3, 0.4) is 0 Å². The smallest absolute Gasteiger partial charge is 0.268 e. The van der Waals surface area contributed by atoms with E-state index in [2.05, 4.69) is 5.32 Å². The maximum Gasteiger partial charge on any atom is 0.268 e. The van der Waals surface area contributed by atoms with Crippen molar-refractivity contribution in [1.29, 1.82) is 0 Å². The number of halogens is 2. The first-order valence-corrected chi connectivity index (χ1v) is 11.2. The maximum absolute atomic E-state index is 13.5. The van der Waals surface area contributed by atoms with Gasteiger partial charge in [-0.2, -0.15) is 0 Å². The first-order valence-electron chi connectivity index (χ1n) is 9.02. The minimum atomic E-state index is -4.14. The first-order chi connectivity index (χ1) is 13.6. The van der Waals surface area contributed by atoms with Crippen molar-refractivity contribution >= 4 is 44.8 Å². The molecule has 0 fully saturated rings. The fourth-order valence-corrected chi connectivity index (χ4v) is 4.56. The molecule has 158 valence electrons. The summed E-state index contributed by atoms with van der Waals surface area (Å²) in [5.41, 5.74) is 0.963. The van der Waals surface area contributed by atoms with Crippen LogP contribution >= 0.6 is 23.2 Å². The van der Waals surface area contributed by atoms with E-state index in [9.17, 15) is 13.2 Å². The highest BCUT2D eigenvalue weighted by molar-refractivity contribution is 7.93. The lowest BCUT2D eigenvalue weighted by Crippen LogP contribution is -2.43. The maximum atomic E-state index is 13.5. The van der Waals surface area contributed by atoms with E-state index in [1.165, 1.54) is 31.4 Å². The summed E-state index contributed by atoms with van der Waals surface area (Å²) < 4.78 is 33.3. The van der Waals surface area contributed by atoms with Crippen LogP contribution < -0.4 is 14.4 Å². The van der Waals surface area contributed by atoms with Crippen molar-refractivity contribution < 1.29 is 17.9 Å². The molecule has 2 aromatic rings. The van der Waals surface area contributed by atoms with Gasteiger partial charge < -0.3 is 10.1 Å². The number of amides is 1. The Morgan fingerprint density at radius 3 is 2.45 bits per heavy atom. The molecule has 0 aliphatic heterocycles. The summed E-state index contributed by atoms with van der Waals surface area (Å²) in [5, 5.41) is 3.25. The number of aryl methyl sites for hydroxylation is 1. The molecule has 2 rings (SSSR count). The molecule has 29 heavy (non-hydrogen) atoms. The number of benzene rings is 2. The molecule has 0 aliphatic carbocycles. The Morgan fingerprint density at radius 1 is 1.17 bits per heavy atom. The summed E-state index contributed by atoms with van der Waals surface area (Å²) in [6, 6.07) is 9.15. The third kappa shape index (κ3) is 5.56. The molecule has 9 heteroatoms. The zero-order valence-corrected chi connectivity index (χ0v) is 19.0. The van der Waals surface area contributed by atoms with Crippen LogP contribution in [0.2, 0.25) is 10.0 Å². The molecular formula is C20H24Cl2N2O4S. The summed E-state index contributed by atoms with van der Waals surface area (Å²) in [7, 11) is -2.75. The highest BCUT2D eigenvalue weighted by atomic mass is 35.5. The highest BCUT2D eigenvalue weighted by Crippen LogP contribution is 2.33. The van der Waals surface area contributed by atoms with Gasteiger partial charge in [-0.3, -0.25) is 9.10 Å². The lowest BCUT2D eigenvalue weighted by molar-refractivity contribution is -0.120. The first kappa shape index (κ1) is 23.3. The van der Waals surface area contributed by atoms with Crippen LogP contribution in [0.15, 0.2) is 41.3 Å². The van der Waals surface area contributed by atoms with Crippen molar-refractivity contribution in [3.05, 3.63) is 52.0 Å². The average Bonchev–Trinajstić information content (AvgIpc) is 2.68. The Bertz CT molecular complexity index is 996. The van der Waals surface area contributed by atoms with Crippen LogP contribution in [-0.4, -0.2) is 34.0 Å². The molecule has 2 aromatic carbocycles. The molecule has 0 saturated carbocycles. The van der Waals surface area contributed by atoms with Crippen LogP contribution in [0.25, 0.3) is 0 Å². The largest absolute Gasteiger partial charge is 0.495 e. The van der Waals surface area contributed by atoms with E-state index in [0.29, 0.717) is 0 Å². The summed E-state index contributed by atoms with van der Waals surface area (Å²) in [6.45, 7) is 5.13. The molecule has 0 bridgehead atoms.